The quantitative estimate of drug-likeness (QED) is 0.759. The number of rotatable bonds is 7. The molecule has 2 aromatic rings. The van der Waals surface area contributed by atoms with Crippen LogP contribution in [0.5, 0.6) is 0 Å². The Bertz CT molecular complexity index is 439. The van der Waals surface area contributed by atoms with Gasteiger partial charge in [0.25, 0.3) is 0 Å². The van der Waals surface area contributed by atoms with Crippen molar-refractivity contribution in [2.75, 3.05) is 13.1 Å². The van der Waals surface area contributed by atoms with Crippen LogP contribution in [0.4, 0.5) is 0 Å². The van der Waals surface area contributed by atoms with E-state index in [2.05, 4.69) is 34.4 Å². The predicted octanol–water partition coefficient (Wildman–Crippen LogP) is 2.48. The van der Waals surface area contributed by atoms with Crippen LogP contribution in [0.1, 0.15) is 37.1 Å². The van der Waals surface area contributed by atoms with E-state index >= 15 is 0 Å². The Morgan fingerprint density at radius 3 is 1.45 bits per heavy atom. The fourth-order valence-corrected chi connectivity index (χ4v) is 2.12. The molecule has 0 fully saturated rings. The van der Waals surface area contributed by atoms with Crippen molar-refractivity contribution in [1.29, 1.82) is 0 Å². The van der Waals surface area contributed by atoms with E-state index in [9.17, 15) is 0 Å². The molecule has 106 valence electrons. The van der Waals surface area contributed by atoms with E-state index in [1.807, 2.05) is 49.1 Å². The van der Waals surface area contributed by atoms with Crippen molar-refractivity contribution in [3.63, 3.8) is 0 Å². The minimum atomic E-state index is 0.344. The summed E-state index contributed by atoms with van der Waals surface area (Å²) >= 11 is 0. The molecule has 2 atom stereocenters. The summed E-state index contributed by atoms with van der Waals surface area (Å²) in [4.78, 5) is 8.07. The zero-order valence-electron chi connectivity index (χ0n) is 12.1. The molecule has 20 heavy (non-hydrogen) atoms. The largest absolute Gasteiger partial charge is 0.309 e. The molecule has 0 aliphatic carbocycles. The van der Waals surface area contributed by atoms with E-state index in [-0.39, 0.29) is 0 Å². The second-order valence-corrected chi connectivity index (χ2v) is 4.91. The number of nitrogens with one attached hydrogen (secondary N) is 2. The van der Waals surface area contributed by atoms with Crippen molar-refractivity contribution < 1.29 is 0 Å². The molecule has 0 saturated heterocycles. The molecule has 4 nitrogen and oxygen atoms in total. The molecule has 4 heteroatoms. The lowest BCUT2D eigenvalue weighted by atomic mass is 10.1. The molecule has 0 aliphatic rings. The number of nitrogens with zero attached hydrogens (tertiary/aromatic N) is 2. The lowest BCUT2D eigenvalue weighted by Crippen LogP contribution is -2.30. The Labute approximate surface area is 120 Å². The third-order valence-electron chi connectivity index (χ3n) is 3.44. The highest BCUT2D eigenvalue weighted by Gasteiger charge is 2.05. The zero-order chi connectivity index (χ0) is 14.2. The standard InChI is InChI=1S/C16H22N4/c1-13(15-3-7-17-8-4-15)19-11-12-20-14(2)16-5-9-18-10-6-16/h3-10,13-14,19-20H,11-12H2,1-2H3/t13-,14-/m1/s1. The van der Waals surface area contributed by atoms with Gasteiger partial charge in [0, 0.05) is 50.0 Å². The van der Waals surface area contributed by atoms with Crippen LogP contribution in [0.15, 0.2) is 49.1 Å². The molecule has 0 saturated carbocycles. The summed E-state index contributed by atoms with van der Waals surface area (Å²) in [6, 6.07) is 8.87. The van der Waals surface area contributed by atoms with Crippen molar-refractivity contribution >= 4 is 0 Å². The highest BCUT2D eigenvalue weighted by molar-refractivity contribution is 5.14. The first-order chi connectivity index (χ1) is 9.77. The summed E-state index contributed by atoms with van der Waals surface area (Å²) in [7, 11) is 0. The second kappa shape index (κ2) is 7.72. The summed E-state index contributed by atoms with van der Waals surface area (Å²) in [5.41, 5.74) is 2.53. The molecular weight excluding hydrogens is 248 g/mol. The van der Waals surface area contributed by atoms with Gasteiger partial charge in [0.2, 0.25) is 0 Å². The summed E-state index contributed by atoms with van der Waals surface area (Å²) in [6.07, 6.45) is 7.32. The highest BCUT2D eigenvalue weighted by Crippen LogP contribution is 2.10. The topological polar surface area (TPSA) is 49.8 Å². The molecule has 2 heterocycles. The van der Waals surface area contributed by atoms with Crippen molar-refractivity contribution in [2.45, 2.75) is 25.9 Å². The Morgan fingerprint density at radius 2 is 1.10 bits per heavy atom. The lowest BCUT2D eigenvalue weighted by molar-refractivity contribution is 0.511. The number of pyridine rings is 2. The Kier molecular flexibility index (Phi) is 5.65. The lowest BCUT2D eigenvalue weighted by Gasteiger charge is -2.17. The first-order valence-electron chi connectivity index (χ1n) is 7.04. The van der Waals surface area contributed by atoms with E-state index in [0.717, 1.165) is 13.1 Å². The summed E-state index contributed by atoms with van der Waals surface area (Å²) in [5.74, 6) is 0. The third-order valence-corrected chi connectivity index (χ3v) is 3.44. The number of hydrogen-bond donors (Lipinski definition) is 2. The number of aromatic nitrogens is 2. The van der Waals surface area contributed by atoms with Crippen molar-refractivity contribution in [3.8, 4) is 0 Å². The van der Waals surface area contributed by atoms with E-state index in [0.29, 0.717) is 12.1 Å². The normalized spacial score (nSPS) is 13.9. The van der Waals surface area contributed by atoms with E-state index < -0.39 is 0 Å². The molecule has 2 rings (SSSR count). The maximum atomic E-state index is 4.04. The summed E-state index contributed by atoms with van der Waals surface area (Å²) in [5, 5.41) is 7.01. The van der Waals surface area contributed by atoms with Gasteiger partial charge >= 0.3 is 0 Å². The fourth-order valence-electron chi connectivity index (χ4n) is 2.12. The van der Waals surface area contributed by atoms with Crippen LogP contribution in [0.2, 0.25) is 0 Å². The van der Waals surface area contributed by atoms with E-state index in [4.69, 9.17) is 0 Å². The molecule has 0 amide bonds. The maximum Gasteiger partial charge on any atom is 0.0293 e. The Morgan fingerprint density at radius 1 is 0.750 bits per heavy atom. The van der Waals surface area contributed by atoms with Gasteiger partial charge in [-0.15, -0.1) is 0 Å². The average Bonchev–Trinajstić information content (AvgIpc) is 2.53. The molecule has 0 unspecified atom stereocenters. The van der Waals surface area contributed by atoms with Gasteiger partial charge in [-0.1, -0.05) is 0 Å². The summed E-state index contributed by atoms with van der Waals surface area (Å²) < 4.78 is 0. The van der Waals surface area contributed by atoms with Crippen LogP contribution in [0, 0.1) is 0 Å². The third kappa shape index (κ3) is 4.40. The smallest absolute Gasteiger partial charge is 0.0293 e. The van der Waals surface area contributed by atoms with Gasteiger partial charge in [-0.25, -0.2) is 0 Å². The van der Waals surface area contributed by atoms with E-state index in [1.54, 1.807) is 0 Å². The van der Waals surface area contributed by atoms with Crippen LogP contribution < -0.4 is 10.6 Å². The first kappa shape index (κ1) is 14.6. The van der Waals surface area contributed by atoms with Gasteiger partial charge in [0.1, 0.15) is 0 Å². The minimum Gasteiger partial charge on any atom is -0.309 e. The van der Waals surface area contributed by atoms with Crippen LogP contribution in [0.3, 0.4) is 0 Å². The number of hydrogen-bond acceptors (Lipinski definition) is 4. The van der Waals surface area contributed by atoms with E-state index in [1.165, 1.54) is 11.1 Å². The van der Waals surface area contributed by atoms with Gasteiger partial charge in [0.15, 0.2) is 0 Å². The van der Waals surface area contributed by atoms with Gasteiger partial charge < -0.3 is 10.6 Å². The zero-order valence-corrected chi connectivity index (χ0v) is 12.1. The maximum absolute atomic E-state index is 4.04. The minimum absolute atomic E-state index is 0.344. The van der Waals surface area contributed by atoms with Crippen molar-refractivity contribution in [1.82, 2.24) is 20.6 Å². The molecule has 0 bridgehead atoms. The SMILES string of the molecule is C[C@@H](NCCN[C@H](C)c1ccncc1)c1ccncc1. The van der Waals surface area contributed by atoms with Crippen LogP contribution in [-0.4, -0.2) is 23.1 Å². The molecule has 0 aromatic carbocycles. The molecule has 0 spiro atoms. The first-order valence-corrected chi connectivity index (χ1v) is 7.04. The van der Waals surface area contributed by atoms with Crippen molar-refractivity contribution in [3.05, 3.63) is 60.2 Å². The molecule has 2 aromatic heterocycles. The average molecular weight is 270 g/mol. The van der Waals surface area contributed by atoms with Crippen LogP contribution in [-0.2, 0) is 0 Å². The van der Waals surface area contributed by atoms with Crippen molar-refractivity contribution in [2.24, 2.45) is 0 Å². The molecule has 2 N–H and O–H groups in total. The van der Waals surface area contributed by atoms with Gasteiger partial charge in [0.05, 0.1) is 0 Å². The van der Waals surface area contributed by atoms with Gasteiger partial charge in [-0.2, -0.15) is 0 Å². The molecular formula is C16H22N4. The predicted molar refractivity (Wildman–Crippen MR) is 81.3 cm³/mol. The van der Waals surface area contributed by atoms with Crippen LogP contribution >= 0.6 is 0 Å². The fraction of sp³-hybridized carbons (Fsp3) is 0.375. The van der Waals surface area contributed by atoms with Gasteiger partial charge in [-0.05, 0) is 49.2 Å². The Balaban J connectivity index is 1.69. The molecule has 0 aliphatic heterocycles. The second-order valence-electron chi connectivity index (χ2n) is 4.91. The monoisotopic (exact) mass is 270 g/mol. The van der Waals surface area contributed by atoms with Gasteiger partial charge in [-0.3, -0.25) is 9.97 Å². The summed E-state index contributed by atoms with van der Waals surface area (Å²) in [6.45, 7) is 6.20. The molecule has 0 radical (unpaired) electrons. The Hall–Kier alpha value is -1.78. The highest BCUT2D eigenvalue weighted by atomic mass is 15.0. The van der Waals surface area contributed by atoms with Crippen LogP contribution in [0.25, 0.3) is 0 Å².